The largest absolute Gasteiger partial charge is 0.412 e. The van der Waals surface area contributed by atoms with Gasteiger partial charge in [-0.3, -0.25) is 0 Å². The Labute approximate surface area is 327 Å². The van der Waals surface area contributed by atoms with Gasteiger partial charge in [0.15, 0.2) is 25.0 Å². The van der Waals surface area contributed by atoms with Crippen molar-refractivity contribution < 1.29 is 18.0 Å². The van der Waals surface area contributed by atoms with Crippen molar-refractivity contribution in [3.05, 3.63) is 35.5 Å². The molecule has 0 saturated heterocycles. The molecule has 0 spiro atoms. The second-order valence-electron chi connectivity index (χ2n) is 22.8. The Morgan fingerprint density at radius 1 is 0.750 bits per heavy atom. The van der Waals surface area contributed by atoms with Gasteiger partial charge in [0.2, 0.25) is 0 Å². The maximum absolute atomic E-state index is 7.13. The van der Waals surface area contributed by atoms with Gasteiger partial charge in [0.25, 0.3) is 0 Å². The molecule has 0 aromatic heterocycles. The Hall–Kier alpha value is -0.289. The molecule has 3 aliphatic carbocycles. The van der Waals surface area contributed by atoms with Crippen LogP contribution in [0.3, 0.4) is 0 Å². The molecule has 0 radical (unpaired) electrons. The predicted molar refractivity (Wildman–Crippen MR) is 234 cm³/mol. The van der Waals surface area contributed by atoms with Gasteiger partial charge in [-0.25, -0.2) is 0 Å². The monoisotopic (exact) mass is 775 g/mol. The lowest BCUT2D eigenvalue weighted by atomic mass is 9.62. The van der Waals surface area contributed by atoms with E-state index in [1.54, 1.807) is 5.57 Å². The first-order chi connectivity index (χ1) is 23.3. The van der Waals surface area contributed by atoms with Crippen LogP contribution in [0.25, 0.3) is 0 Å². The van der Waals surface area contributed by atoms with E-state index in [1.807, 2.05) is 0 Å². The van der Waals surface area contributed by atoms with Crippen molar-refractivity contribution in [3.63, 3.8) is 0 Å². The van der Waals surface area contributed by atoms with E-state index < -0.39 is 25.0 Å². The second-order valence-corrected chi connectivity index (χ2v) is 37.0. The van der Waals surface area contributed by atoms with Crippen LogP contribution in [0.15, 0.2) is 35.5 Å². The average molecular weight is 775 g/mol. The van der Waals surface area contributed by atoms with E-state index in [1.165, 1.54) is 37.7 Å². The molecule has 0 unspecified atom stereocenters. The Morgan fingerprint density at radius 3 is 1.69 bits per heavy atom. The fourth-order valence-electron chi connectivity index (χ4n) is 8.26. The number of ether oxygens (including phenoxy) is 1. The molecule has 7 heteroatoms. The maximum atomic E-state index is 7.13. The van der Waals surface area contributed by atoms with E-state index in [0.29, 0.717) is 17.8 Å². The van der Waals surface area contributed by atoms with Crippen molar-refractivity contribution in [2.45, 2.75) is 220 Å². The van der Waals surface area contributed by atoms with Gasteiger partial charge < -0.3 is 18.0 Å². The molecule has 4 nitrogen and oxygen atoms in total. The molecule has 0 bridgehead atoms. The summed E-state index contributed by atoms with van der Waals surface area (Å²) in [7, 11) is -5.87. The third-order valence-electron chi connectivity index (χ3n) is 15.5. The summed E-state index contributed by atoms with van der Waals surface area (Å²) in [6, 6.07) is 0. The topological polar surface area (TPSA) is 36.9 Å². The van der Waals surface area contributed by atoms with Gasteiger partial charge in [0.05, 0.1) is 30.5 Å². The van der Waals surface area contributed by atoms with Gasteiger partial charge >= 0.3 is 0 Å². The van der Waals surface area contributed by atoms with Gasteiger partial charge in [-0.05, 0) is 143 Å². The van der Waals surface area contributed by atoms with E-state index in [2.05, 4.69) is 155 Å². The van der Waals surface area contributed by atoms with E-state index in [9.17, 15) is 0 Å². The SMILES string of the molecule is C=C1[C@H](O[Si](C)(C)C(C)(C)C)CC(=C/C=C2\CCC[C@]3(C)[C@@H]([C@@H](C)OC[C@H](C)C(C)(C)O[Si](C)(C)C(C)(C)C)CC[C@@H]23)C[C@H]1O[Si](C)(C)C(C)(C)C. The van der Waals surface area contributed by atoms with Crippen LogP contribution in [0.5, 0.6) is 0 Å². The number of hydrogen-bond acceptors (Lipinski definition) is 4. The molecule has 0 aromatic rings. The quantitative estimate of drug-likeness (QED) is 0.146. The molecule has 0 N–H and O–H groups in total. The predicted octanol–water partition coefficient (Wildman–Crippen LogP) is 14.0. The van der Waals surface area contributed by atoms with Gasteiger partial charge in [-0.15, -0.1) is 0 Å². The molecular formula is C45H86O4Si3. The van der Waals surface area contributed by atoms with Gasteiger partial charge in [-0.2, -0.15) is 0 Å². The third kappa shape index (κ3) is 10.4. The lowest BCUT2D eigenvalue weighted by molar-refractivity contribution is -0.0679. The smallest absolute Gasteiger partial charge is 0.192 e. The van der Waals surface area contributed by atoms with Crippen LogP contribution in [0.1, 0.15) is 142 Å². The lowest BCUT2D eigenvalue weighted by Crippen LogP contribution is -2.50. The van der Waals surface area contributed by atoms with Crippen molar-refractivity contribution in [3.8, 4) is 0 Å². The molecule has 7 atom stereocenters. The summed E-state index contributed by atoms with van der Waals surface area (Å²) in [4.78, 5) is 0. The summed E-state index contributed by atoms with van der Waals surface area (Å²) in [6.07, 6.45) is 13.4. The van der Waals surface area contributed by atoms with Crippen molar-refractivity contribution in [2.24, 2.45) is 23.2 Å². The molecule has 0 amide bonds. The molecule has 302 valence electrons. The lowest BCUT2D eigenvalue weighted by Gasteiger charge is -2.46. The number of fused-ring (bicyclic) bond motifs is 1. The zero-order chi connectivity index (χ0) is 40.1. The molecule has 0 aromatic carbocycles. The summed E-state index contributed by atoms with van der Waals surface area (Å²) < 4.78 is 28.0. The highest BCUT2D eigenvalue weighted by Crippen LogP contribution is 2.59. The normalized spacial score (nSPS) is 29.3. The van der Waals surface area contributed by atoms with Crippen LogP contribution in [-0.4, -0.2) is 55.5 Å². The first-order valence-electron chi connectivity index (χ1n) is 21.0. The highest BCUT2D eigenvalue weighted by Gasteiger charge is 2.52. The highest BCUT2D eigenvalue weighted by atomic mass is 28.4. The summed E-state index contributed by atoms with van der Waals surface area (Å²) in [5, 5.41) is 0.483. The Bertz CT molecular complexity index is 1260. The molecule has 3 aliphatic rings. The Balaban J connectivity index is 1.81. The van der Waals surface area contributed by atoms with E-state index >= 15 is 0 Å². The van der Waals surface area contributed by atoms with Gasteiger partial charge in [0, 0.05) is 5.92 Å². The summed E-state index contributed by atoms with van der Waals surface area (Å²) in [5.41, 5.74) is 4.33. The van der Waals surface area contributed by atoms with E-state index in [0.717, 1.165) is 25.0 Å². The van der Waals surface area contributed by atoms with Crippen molar-refractivity contribution in [1.29, 1.82) is 0 Å². The van der Waals surface area contributed by atoms with Crippen LogP contribution >= 0.6 is 0 Å². The molecule has 52 heavy (non-hydrogen) atoms. The molecule has 3 saturated carbocycles. The van der Waals surface area contributed by atoms with E-state index in [4.69, 9.17) is 18.0 Å². The number of rotatable bonds is 12. The van der Waals surface area contributed by atoms with Crippen LogP contribution in [0.2, 0.25) is 54.4 Å². The first-order valence-corrected chi connectivity index (χ1v) is 29.7. The molecule has 0 heterocycles. The third-order valence-corrected chi connectivity index (χ3v) is 29.1. The standard InChI is InChI=1S/C45H86O4Si3/c1-32(44(13,14)49-52(20,21)43(10,11)12)31-46-34(3)37-26-27-38-36(23-22-28-45(37,38)15)25-24-35-29-39(47-50(16,17)41(4,5)6)33(2)40(30-35)48-51(18,19)42(7,8)9/h24-25,32,34,37-40H,2,22-23,26-31H2,1,3-21H3/b36-25+/t32-,34+,37+,38-,39+,40+,45+/m0/s1. The van der Waals surface area contributed by atoms with E-state index in [-0.39, 0.29) is 44.4 Å². The molecule has 3 fully saturated rings. The molecule has 0 aliphatic heterocycles. The Morgan fingerprint density at radius 2 is 1.23 bits per heavy atom. The minimum atomic E-state index is -2.00. The first kappa shape index (κ1) is 46.1. The second kappa shape index (κ2) is 15.9. The number of hydrogen-bond donors (Lipinski definition) is 0. The zero-order valence-corrected chi connectivity index (χ0v) is 41.1. The molecule has 3 rings (SSSR count). The maximum Gasteiger partial charge on any atom is 0.192 e. The van der Waals surface area contributed by atoms with Crippen LogP contribution in [0, 0.1) is 23.2 Å². The Kier molecular flexibility index (Phi) is 14.1. The minimum absolute atomic E-state index is 0.0131. The summed E-state index contributed by atoms with van der Waals surface area (Å²) in [6.45, 7) is 52.4. The fraction of sp³-hybridized carbons (Fsp3) is 0.867. The minimum Gasteiger partial charge on any atom is -0.412 e. The van der Waals surface area contributed by atoms with Crippen molar-refractivity contribution in [1.82, 2.24) is 0 Å². The highest BCUT2D eigenvalue weighted by molar-refractivity contribution is 6.75. The summed E-state index contributed by atoms with van der Waals surface area (Å²) in [5.74, 6) is 1.53. The van der Waals surface area contributed by atoms with Gasteiger partial charge in [0.1, 0.15) is 0 Å². The van der Waals surface area contributed by atoms with Crippen LogP contribution in [0.4, 0.5) is 0 Å². The summed E-state index contributed by atoms with van der Waals surface area (Å²) >= 11 is 0. The number of allylic oxidation sites excluding steroid dienone is 3. The van der Waals surface area contributed by atoms with Crippen LogP contribution < -0.4 is 0 Å². The van der Waals surface area contributed by atoms with Crippen molar-refractivity contribution >= 4 is 25.0 Å². The van der Waals surface area contributed by atoms with Crippen LogP contribution in [-0.2, 0) is 18.0 Å². The van der Waals surface area contributed by atoms with Gasteiger partial charge in [-0.1, -0.05) is 106 Å². The zero-order valence-electron chi connectivity index (χ0n) is 38.1. The van der Waals surface area contributed by atoms with Crippen molar-refractivity contribution in [2.75, 3.05) is 6.61 Å². The average Bonchev–Trinajstić information content (AvgIpc) is 3.31. The fourth-order valence-corrected chi connectivity index (χ4v) is 12.7. The molecular weight excluding hydrogens is 689 g/mol.